The van der Waals surface area contributed by atoms with Crippen molar-refractivity contribution >= 4 is 40.6 Å². The molecule has 0 aliphatic heterocycles. The maximum atomic E-state index is 16.1. The van der Waals surface area contributed by atoms with E-state index < -0.39 is 58.3 Å². The summed E-state index contributed by atoms with van der Waals surface area (Å²) in [4.78, 5) is 12.4. The summed E-state index contributed by atoms with van der Waals surface area (Å²) in [5, 5.41) is 6.82. The molecule has 0 spiro atoms. The van der Waals surface area contributed by atoms with Crippen LogP contribution in [-0.2, 0) is 21.5 Å². The summed E-state index contributed by atoms with van der Waals surface area (Å²) in [6.07, 6.45) is 3.44. The lowest BCUT2D eigenvalue weighted by Gasteiger charge is -2.16. The standard InChI is InChI=1S/C27H35F3N4O4SSi/c1-31-27(35)25-19-10-9-18(23(29)26(19)34(32-25)16-38-13-14-40(2,3)4)22-20(28)11-12-21(24(22)30)33-39(36,37)15-17-7-5-6-8-17/h9-12,17,33H,5-8,13-16H2,1-4H3,(H,31,35). The first-order valence-electron chi connectivity index (χ1n) is 13.3. The minimum absolute atomic E-state index is 0.0249. The number of amides is 1. The number of hydrogen-bond donors (Lipinski definition) is 2. The molecule has 1 fully saturated rings. The molecule has 1 saturated carbocycles. The molecule has 0 saturated heterocycles. The number of ether oxygens (including phenoxy) is 1. The third kappa shape index (κ3) is 6.69. The second kappa shape index (κ2) is 11.9. The van der Waals surface area contributed by atoms with Gasteiger partial charge in [-0.25, -0.2) is 26.3 Å². The molecule has 1 heterocycles. The van der Waals surface area contributed by atoms with Crippen LogP contribution >= 0.6 is 0 Å². The number of sulfonamides is 1. The lowest BCUT2D eigenvalue weighted by molar-refractivity contribution is 0.0802. The van der Waals surface area contributed by atoms with Crippen molar-refractivity contribution in [1.29, 1.82) is 0 Å². The Kier molecular flexibility index (Phi) is 8.95. The third-order valence-electron chi connectivity index (χ3n) is 7.06. The van der Waals surface area contributed by atoms with Gasteiger partial charge in [-0.15, -0.1) is 0 Å². The minimum atomic E-state index is -3.91. The van der Waals surface area contributed by atoms with Crippen molar-refractivity contribution in [3.05, 3.63) is 47.4 Å². The number of carbonyl (C=O) groups excluding carboxylic acids is 1. The van der Waals surface area contributed by atoms with Crippen molar-refractivity contribution in [2.75, 3.05) is 24.1 Å². The fourth-order valence-electron chi connectivity index (χ4n) is 4.91. The first kappa shape index (κ1) is 30.1. The molecule has 3 aromatic rings. The molecule has 1 aromatic heterocycles. The number of fused-ring (bicyclic) bond motifs is 1. The van der Waals surface area contributed by atoms with Crippen LogP contribution in [0.1, 0.15) is 36.2 Å². The van der Waals surface area contributed by atoms with Crippen molar-refractivity contribution in [3.63, 3.8) is 0 Å². The van der Waals surface area contributed by atoms with Gasteiger partial charge in [-0.3, -0.25) is 9.52 Å². The Morgan fingerprint density at radius 1 is 1.10 bits per heavy atom. The predicted octanol–water partition coefficient (Wildman–Crippen LogP) is 5.72. The molecule has 1 amide bonds. The van der Waals surface area contributed by atoms with Gasteiger partial charge >= 0.3 is 0 Å². The van der Waals surface area contributed by atoms with Crippen molar-refractivity contribution in [1.82, 2.24) is 15.1 Å². The summed E-state index contributed by atoms with van der Waals surface area (Å²) >= 11 is 0. The Balaban J connectivity index is 1.74. The molecular formula is C27H35F3N4O4SSi. The van der Waals surface area contributed by atoms with Gasteiger partial charge in [-0.1, -0.05) is 38.5 Å². The van der Waals surface area contributed by atoms with E-state index in [1.807, 2.05) is 0 Å². The molecule has 0 atom stereocenters. The maximum Gasteiger partial charge on any atom is 0.272 e. The third-order valence-corrected chi connectivity index (χ3v) is 10.2. The van der Waals surface area contributed by atoms with Gasteiger partial charge < -0.3 is 10.1 Å². The van der Waals surface area contributed by atoms with Crippen molar-refractivity contribution in [2.24, 2.45) is 5.92 Å². The van der Waals surface area contributed by atoms with E-state index in [1.165, 1.54) is 13.1 Å². The zero-order chi connectivity index (χ0) is 29.2. The molecule has 0 unspecified atom stereocenters. The van der Waals surface area contributed by atoms with Crippen LogP contribution in [0.15, 0.2) is 24.3 Å². The number of nitrogens with one attached hydrogen (secondary N) is 2. The van der Waals surface area contributed by atoms with Crippen molar-refractivity contribution in [2.45, 2.75) is 58.1 Å². The van der Waals surface area contributed by atoms with Crippen LogP contribution in [0, 0.1) is 23.4 Å². The van der Waals surface area contributed by atoms with E-state index in [0.29, 0.717) is 6.61 Å². The fraction of sp³-hybridized carbons (Fsp3) is 0.481. The van der Waals surface area contributed by atoms with Gasteiger partial charge in [0.25, 0.3) is 5.91 Å². The molecule has 4 rings (SSSR count). The molecule has 1 aliphatic rings. The monoisotopic (exact) mass is 596 g/mol. The number of halogens is 3. The lowest BCUT2D eigenvalue weighted by atomic mass is 10.0. The second-order valence-corrected chi connectivity index (χ2v) is 18.8. The predicted molar refractivity (Wildman–Crippen MR) is 152 cm³/mol. The number of carbonyl (C=O) groups is 1. The van der Waals surface area contributed by atoms with Crippen LogP contribution in [0.3, 0.4) is 0 Å². The normalized spacial score (nSPS) is 14.7. The quantitative estimate of drug-likeness (QED) is 0.218. The smallest absolute Gasteiger partial charge is 0.272 e. The number of nitrogens with zero attached hydrogens (tertiary/aromatic N) is 2. The number of hydrogen-bond acceptors (Lipinski definition) is 5. The lowest BCUT2D eigenvalue weighted by Crippen LogP contribution is -2.22. The topological polar surface area (TPSA) is 102 Å². The number of benzene rings is 2. The summed E-state index contributed by atoms with van der Waals surface area (Å²) in [6, 6.07) is 5.24. The van der Waals surface area contributed by atoms with Gasteiger partial charge in [0, 0.05) is 32.7 Å². The van der Waals surface area contributed by atoms with Gasteiger partial charge in [0.2, 0.25) is 10.0 Å². The number of aromatic nitrogens is 2. The van der Waals surface area contributed by atoms with Crippen LogP contribution < -0.4 is 10.0 Å². The maximum absolute atomic E-state index is 16.1. The Morgan fingerprint density at radius 2 is 1.80 bits per heavy atom. The summed E-state index contributed by atoms with van der Waals surface area (Å²) in [7, 11) is -3.91. The van der Waals surface area contributed by atoms with E-state index in [0.717, 1.165) is 54.6 Å². The Hall–Kier alpha value is -2.90. The average Bonchev–Trinajstić information content (AvgIpc) is 3.51. The first-order valence-corrected chi connectivity index (χ1v) is 18.6. The molecule has 1 aliphatic carbocycles. The Labute approximate surface area is 233 Å². The molecular weight excluding hydrogens is 561 g/mol. The van der Waals surface area contributed by atoms with E-state index in [1.54, 1.807) is 0 Å². The van der Waals surface area contributed by atoms with E-state index in [9.17, 15) is 13.2 Å². The highest BCUT2D eigenvalue weighted by molar-refractivity contribution is 7.92. The molecule has 0 radical (unpaired) electrons. The molecule has 8 nitrogen and oxygen atoms in total. The fourth-order valence-corrected chi connectivity index (χ4v) is 7.20. The Bertz CT molecular complexity index is 1520. The van der Waals surface area contributed by atoms with Gasteiger partial charge in [-0.2, -0.15) is 5.10 Å². The van der Waals surface area contributed by atoms with Crippen LogP contribution in [0.4, 0.5) is 18.9 Å². The second-order valence-electron chi connectivity index (χ2n) is 11.4. The van der Waals surface area contributed by atoms with E-state index in [-0.39, 0.29) is 35.0 Å². The highest BCUT2D eigenvalue weighted by atomic mass is 32.2. The van der Waals surface area contributed by atoms with Gasteiger partial charge in [-0.05, 0) is 43.0 Å². The van der Waals surface area contributed by atoms with Gasteiger partial charge in [0.15, 0.2) is 17.3 Å². The highest BCUT2D eigenvalue weighted by Crippen LogP contribution is 2.36. The summed E-state index contributed by atoms with van der Waals surface area (Å²) in [5.41, 5.74) is -1.86. The zero-order valence-corrected chi connectivity index (χ0v) is 24.9. The zero-order valence-electron chi connectivity index (χ0n) is 23.1. The van der Waals surface area contributed by atoms with Crippen LogP contribution in [0.5, 0.6) is 0 Å². The van der Waals surface area contributed by atoms with Crippen molar-refractivity contribution < 1.29 is 31.1 Å². The van der Waals surface area contributed by atoms with Crippen molar-refractivity contribution in [3.8, 4) is 11.1 Å². The average molecular weight is 597 g/mol. The van der Waals surface area contributed by atoms with E-state index in [2.05, 4.69) is 34.8 Å². The van der Waals surface area contributed by atoms with Crippen LogP contribution in [0.2, 0.25) is 25.7 Å². The molecule has 40 heavy (non-hydrogen) atoms. The van der Waals surface area contributed by atoms with E-state index >= 15 is 13.2 Å². The Morgan fingerprint density at radius 3 is 2.45 bits per heavy atom. The summed E-state index contributed by atoms with van der Waals surface area (Å²) < 4.78 is 81.2. The SMILES string of the molecule is CNC(=O)c1nn(COCC[Si](C)(C)C)c2c(F)c(-c3c(F)ccc(NS(=O)(=O)CC4CCCC4)c3F)ccc12. The molecule has 2 N–H and O–H groups in total. The van der Waals surface area contributed by atoms with Crippen LogP contribution in [-0.4, -0.2) is 51.6 Å². The van der Waals surface area contributed by atoms with Crippen LogP contribution in [0.25, 0.3) is 22.0 Å². The minimum Gasteiger partial charge on any atom is -0.360 e. The van der Waals surface area contributed by atoms with Gasteiger partial charge in [0.05, 0.1) is 17.0 Å². The van der Waals surface area contributed by atoms with E-state index in [4.69, 9.17) is 4.74 Å². The number of anilines is 1. The molecule has 218 valence electrons. The molecule has 2 aromatic carbocycles. The first-order chi connectivity index (χ1) is 18.8. The summed E-state index contributed by atoms with van der Waals surface area (Å²) in [5.74, 6) is -4.08. The summed E-state index contributed by atoms with van der Waals surface area (Å²) in [6.45, 7) is 6.77. The molecule has 0 bridgehead atoms. The van der Waals surface area contributed by atoms with Gasteiger partial charge in [0.1, 0.15) is 18.1 Å². The molecule has 13 heteroatoms. The largest absolute Gasteiger partial charge is 0.360 e. The number of rotatable bonds is 11. The highest BCUT2D eigenvalue weighted by Gasteiger charge is 2.28.